The molecule has 3 aromatic carbocycles. The van der Waals surface area contributed by atoms with Gasteiger partial charge >= 0.3 is 0 Å². The molecule has 0 aliphatic rings. The summed E-state index contributed by atoms with van der Waals surface area (Å²) in [4.78, 5) is 12.6. The van der Waals surface area contributed by atoms with Crippen LogP contribution in [0.15, 0.2) is 77.7 Å². The van der Waals surface area contributed by atoms with Crippen LogP contribution >= 0.6 is 0 Å². The van der Waals surface area contributed by atoms with Gasteiger partial charge in [0.05, 0.1) is 19.1 Å². The van der Waals surface area contributed by atoms with Crippen molar-refractivity contribution >= 4 is 21.6 Å². The van der Waals surface area contributed by atoms with Gasteiger partial charge in [-0.05, 0) is 66.2 Å². The summed E-state index contributed by atoms with van der Waals surface area (Å²) in [5.74, 6) is 1.04. The van der Waals surface area contributed by atoms with E-state index in [9.17, 15) is 13.2 Å². The number of nitrogens with zero attached hydrogens (tertiary/aromatic N) is 1. The average Bonchev–Trinajstić information content (AvgIpc) is 2.80. The van der Waals surface area contributed by atoms with Crippen LogP contribution in [0, 0.1) is 0 Å². The number of hydrogen-bond donors (Lipinski definition) is 1. The van der Waals surface area contributed by atoms with Gasteiger partial charge in [-0.25, -0.2) is 8.42 Å². The van der Waals surface area contributed by atoms with Crippen LogP contribution in [0.25, 0.3) is 0 Å². The highest BCUT2D eigenvalue weighted by molar-refractivity contribution is 7.89. The Hall–Kier alpha value is -3.36. The molecule has 0 saturated carbocycles. The molecule has 31 heavy (non-hydrogen) atoms. The lowest BCUT2D eigenvalue weighted by Crippen LogP contribution is -2.26. The number of nitrogens with one attached hydrogen (secondary N) is 1. The number of benzene rings is 3. The average molecular weight is 441 g/mol. The van der Waals surface area contributed by atoms with Gasteiger partial charge in [0.1, 0.15) is 11.5 Å². The zero-order valence-corrected chi connectivity index (χ0v) is 18.3. The number of anilines is 1. The van der Waals surface area contributed by atoms with Gasteiger partial charge in [0.15, 0.2) is 0 Å². The maximum Gasteiger partial charge on any atom is 0.255 e. The Labute approximate surface area is 182 Å². The molecular weight excluding hydrogens is 416 g/mol. The fourth-order valence-electron chi connectivity index (χ4n) is 2.91. The minimum Gasteiger partial charge on any atom is -0.497 e. The molecule has 0 aliphatic carbocycles. The van der Waals surface area contributed by atoms with E-state index < -0.39 is 10.0 Å². The van der Waals surface area contributed by atoms with E-state index in [1.807, 2.05) is 0 Å². The molecule has 7 nitrogen and oxygen atoms in total. The summed E-state index contributed by atoms with van der Waals surface area (Å²) < 4.78 is 37.0. The molecule has 162 valence electrons. The number of rotatable bonds is 8. The zero-order chi connectivity index (χ0) is 22.4. The van der Waals surface area contributed by atoms with Crippen LogP contribution in [-0.2, 0) is 16.6 Å². The second kappa shape index (κ2) is 9.63. The summed E-state index contributed by atoms with van der Waals surface area (Å²) >= 11 is 0. The molecular formula is C23H24N2O5S. The van der Waals surface area contributed by atoms with Crippen molar-refractivity contribution in [3.05, 3.63) is 83.9 Å². The molecule has 0 saturated heterocycles. The molecule has 0 bridgehead atoms. The Balaban J connectivity index is 1.65. The summed E-state index contributed by atoms with van der Waals surface area (Å²) in [6.07, 6.45) is 0. The van der Waals surface area contributed by atoms with E-state index in [0.29, 0.717) is 22.7 Å². The van der Waals surface area contributed by atoms with Gasteiger partial charge in [0.2, 0.25) is 10.0 Å². The normalized spacial score (nSPS) is 11.2. The molecule has 1 N–H and O–H groups in total. The number of carbonyl (C=O) groups is 1. The van der Waals surface area contributed by atoms with E-state index in [0.717, 1.165) is 5.56 Å². The molecule has 0 spiro atoms. The highest BCUT2D eigenvalue weighted by atomic mass is 32.2. The molecule has 0 aromatic heterocycles. The Morgan fingerprint density at radius 2 is 1.35 bits per heavy atom. The molecule has 0 atom stereocenters. The summed E-state index contributed by atoms with van der Waals surface area (Å²) in [5, 5.41) is 2.81. The molecule has 0 fully saturated rings. The Morgan fingerprint density at radius 1 is 0.839 bits per heavy atom. The molecule has 3 aromatic rings. The highest BCUT2D eigenvalue weighted by Crippen LogP contribution is 2.21. The van der Waals surface area contributed by atoms with Gasteiger partial charge in [0.25, 0.3) is 5.91 Å². The van der Waals surface area contributed by atoms with E-state index in [1.54, 1.807) is 67.8 Å². The number of hydrogen-bond acceptors (Lipinski definition) is 5. The number of amides is 1. The highest BCUT2D eigenvalue weighted by Gasteiger charge is 2.21. The van der Waals surface area contributed by atoms with Crippen LogP contribution in [-0.4, -0.2) is 39.9 Å². The second-order valence-corrected chi connectivity index (χ2v) is 8.86. The number of ether oxygens (including phenoxy) is 2. The van der Waals surface area contributed by atoms with Gasteiger partial charge in [-0.2, -0.15) is 4.31 Å². The fraction of sp³-hybridized carbons (Fsp3) is 0.174. The van der Waals surface area contributed by atoms with Gasteiger partial charge < -0.3 is 14.8 Å². The van der Waals surface area contributed by atoms with Crippen molar-refractivity contribution in [3.8, 4) is 11.5 Å². The quantitative estimate of drug-likeness (QED) is 0.576. The minimum absolute atomic E-state index is 0.175. The van der Waals surface area contributed by atoms with E-state index in [4.69, 9.17) is 9.47 Å². The van der Waals surface area contributed by atoms with Crippen molar-refractivity contribution in [1.82, 2.24) is 4.31 Å². The van der Waals surface area contributed by atoms with Crippen molar-refractivity contribution in [1.29, 1.82) is 0 Å². The van der Waals surface area contributed by atoms with Crippen molar-refractivity contribution in [2.75, 3.05) is 26.6 Å². The van der Waals surface area contributed by atoms with Crippen LogP contribution in [0.3, 0.4) is 0 Å². The molecule has 0 heterocycles. The summed E-state index contributed by atoms with van der Waals surface area (Å²) in [5.41, 5.74) is 1.89. The predicted molar refractivity (Wildman–Crippen MR) is 119 cm³/mol. The topological polar surface area (TPSA) is 84.9 Å². The first-order valence-corrected chi connectivity index (χ1v) is 10.9. The van der Waals surface area contributed by atoms with E-state index in [-0.39, 0.29) is 17.3 Å². The number of sulfonamides is 1. The third kappa shape index (κ3) is 5.42. The van der Waals surface area contributed by atoms with Gasteiger partial charge in [0, 0.05) is 24.8 Å². The molecule has 0 radical (unpaired) electrons. The third-order valence-electron chi connectivity index (χ3n) is 4.74. The number of methoxy groups -OCH3 is 2. The van der Waals surface area contributed by atoms with Crippen molar-refractivity contribution in [3.63, 3.8) is 0 Å². The van der Waals surface area contributed by atoms with E-state index >= 15 is 0 Å². The predicted octanol–water partition coefficient (Wildman–Crippen LogP) is 3.78. The summed E-state index contributed by atoms with van der Waals surface area (Å²) in [6, 6.07) is 20.1. The summed E-state index contributed by atoms with van der Waals surface area (Å²) in [7, 11) is 0.973. The van der Waals surface area contributed by atoms with Crippen LogP contribution in [0.2, 0.25) is 0 Å². The molecule has 0 unspecified atom stereocenters. The first-order chi connectivity index (χ1) is 14.8. The minimum atomic E-state index is -3.65. The SMILES string of the molecule is COc1ccc(NC(=O)c2ccc(CN(C)S(=O)(=O)c3ccc(OC)cc3)cc2)cc1. The Morgan fingerprint density at radius 3 is 1.87 bits per heavy atom. The van der Waals surface area contributed by atoms with Crippen molar-refractivity contribution in [2.24, 2.45) is 0 Å². The van der Waals surface area contributed by atoms with Crippen molar-refractivity contribution in [2.45, 2.75) is 11.4 Å². The molecule has 1 amide bonds. The van der Waals surface area contributed by atoms with Crippen LogP contribution < -0.4 is 14.8 Å². The Kier molecular flexibility index (Phi) is 6.94. The number of carbonyl (C=O) groups excluding carboxylic acids is 1. The smallest absolute Gasteiger partial charge is 0.255 e. The van der Waals surface area contributed by atoms with E-state index in [2.05, 4.69) is 5.32 Å². The fourth-order valence-corrected chi connectivity index (χ4v) is 4.07. The van der Waals surface area contributed by atoms with Gasteiger partial charge in [-0.1, -0.05) is 12.1 Å². The van der Waals surface area contributed by atoms with Gasteiger partial charge in [-0.3, -0.25) is 4.79 Å². The maximum atomic E-state index is 12.8. The van der Waals surface area contributed by atoms with Crippen LogP contribution in [0.1, 0.15) is 15.9 Å². The monoisotopic (exact) mass is 440 g/mol. The second-order valence-electron chi connectivity index (χ2n) is 6.82. The van der Waals surface area contributed by atoms with Crippen LogP contribution in [0.5, 0.6) is 11.5 Å². The van der Waals surface area contributed by atoms with Crippen LogP contribution in [0.4, 0.5) is 5.69 Å². The van der Waals surface area contributed by atoms with Gasteiger partial charge in [-0.15, -0.1) is 0 Å². The Bertz CT molecular complexity index is 1130. The molecule has 8 heteroatoms. The lowest BCUT2D eigenvalue weighted by Gasteiger charge is -2.17. The zero-order valence-electron chi connectivity index (χ0n) is 17.5. The molecule has 3 rings (SSSR count). The third-order valence-corrected chi connectivity index (χ3v) is 6.55. The maximum absolute atomic E-state index is 12.8. The lowest BCUT2D eigenvalue weighted by molar-refractivity contribution is 0.102. The lowest BCUT2D eigenvalue weighted by atomic mass is 10.1. The standard InChI is InChI=1S/C23H24N2O5S/c1-25(31(27,28)22-14-12-21(30-3)13-15-22)16-17-4-6-18(7-5-17)23(26)24-19-8-10-20(29-2)11-9-19/h4-15H,16H2,1-3H3,(H,24,26). The molecule has 0 aliphatic heterocycles. The first-order valence-electron chi connectivity index (χ1n) is 9.48. The largest absolute Gasteiger partial charge is 0.497 e. The summed E-state index contributed by atoms with van der Waals surface area (Å²) in [6.45, 7) is 0.175. The van der Waals surface area contributed by atoms with Crippen molar-refractivity contribution < 1.29 is 22.7 Å². The first kappa shape index (κ1) is 22.3. The van der Waals surface area contributed by atoms with E-state index in [1.165, 1.54) is 30.6 Å².